The second-order valence-electron chi connectivity index (χ2n) is 4.93. The first kappa shape index (κ1) is 13.4. The summed E-state index contributed by atoms with van der Waals surface area (Å²) in [5.41, 5.74) is 7.13. The van der Waals surface area contributed by atoms with Gasteiger partial charge in [-0.1, -0.05) is 12.8 Å². The number of nitrogens with zero attached hydrogens (tertiary/aromatic N) is 1. The Morgan fingerprint density at radius 3 is 2.89 bits per heavy atom. The Bertz CT molecular complexity index is 447. The molecule has 0 radical (unpaired) electrons. The van der Waals surface area contributed by atoms with Crippen LogP contribution in [0.1, 0.15) is 43.0 Å². The van der Waals surface area contributed by atoms with E-state index in [1.165, 1.54) is 12.8 Å². The second kappa shape index (κ2) is 5.74. The highest BCUT2D eigenvalue weighted by Crippen LogP contribution is 2.23. The van der Waals surface area contributed by atoms with Gasteiger partial charge in [0.2, 0.25) is 0 Å². The van der Waals surface area contributed by atoms with Crippen molar-refractivity contribution in [3.8, 4) is 0 Å². The van der Waals surface area contributed by atoms with E-state index in [1.54, 1.807) is 6.07 Å². The molecule has 1 atom stereocenters. The average molecular weight is 311 g/mol. The molecule has 18 heavy (non-hydrogen) atoms. The third-order valence-electron chi connectivity index (χ3n) is 3.56. The number of amides is 1. The summed E-state index contributed by atoms with van der Waals surface area (Å²) >= 11 is 3.35. The van der Waals surface area contributed by atoms with Crippen molar-refractivity contribution in [2.75, 3.05) is 12.3 Å². The van der Waals surface area contributed by atoms with Crippen molar-refractivity contribution in [3.05, 3.63) is 28.2 Å². The van der Waals surface area contributed by atoms with Crippen LogP contribution in [-0.2, 0) is 0 Å². The van der Waals surface area contributed by atoms with Crippen LogP contribution in [0, 0.1) is 0 Å². The standard InChI is InChI=1S/C14H19BrN2O/c1-10-5-3-2-4-8-17(10)14(18)11-6-7-12(15)13(16)9-11/h6-7,9-10H,2-5,8,16H2,1H3. The smallest absolute Gasteiger partial charge is 0.254 e. The minimum Gasteiger partial charge on any atom is -0.398 e. The monoisotopic (exact) mass is 310 g/mol. The van der Waals surface area contributed by atoms with Crippen LogP contribution >= 0.6 is 15.9 Å². The van der Waals surface area contributed by atoms with Gasteiger partial charge >= 0.3 is 0 Å². The van der Waals surface area contributed by atoms with Gasteiger partial charge in [0, 0.05) is 28.3 Å². The van der Waals surface area contributed by atoms with E-state index in [0.29, 0.717) is 17.3 Å². The molecule has 1 saturated heterocycles. The molecule has 1 fully saturated rings. The van der Waals surface area contributed by atoms with E-state index in [9.17, 15) is 4.79 Å². The van der Waals surface area contributed by atoms with Gasteiger partial charge in [0.15, 0.2) is 0 Å². The largest absolute Gasteiger partial charge is 0.398 e. The predicted molar refractivity (Wildman–Crippen MR) is 77.5 cm³/mol. The van der Waals surface area contributed by atoms with Crippen LogP contribution in [-0.4, -0.2) is 23.4 Å². The molecule has 1 unspecified atom stereocenters. The molecule has 4 heteroatoms. The maximum atomic E-state index is 12.5. The molecule has 2 rings (SSSR count). The van der Waals surface area contributed by atoms with Gasteiger partial charge < -0.3 is 10.6 Å². The molecule has 3 nitrogen and oxygen atoms in total. The summed E-state index contributed by atoms with van der Waals surface area (Å²) in [6.07, 6.45) is 4.63. The van der Waals surface area contributed by atoms with Gasteiger partial charge in [0.1, 0.15) is 0 Å². The number of hydrogen-bond acceptors (Lipinski definition) is 2. The molecule has 0 aliphatic carbocycles. The average Bonchev–Trinajstić information content (AvgIpc) is 2.56. The Hall–Kier alpha value is -1.03. The number of nitrogens with two attached hydrogens (primary N) is 1. The number of rotatable bonds is 1. The van der Waals surface area contributed by atoms with Crippen molar-refractivity contribution in [2.45, 2.75) is 38.6 Å². The lowest BCUT2D eigenvalue weighted by Gasteiger charge is -2.27. The van der Waals surface area contributed by atoms with Gasteiger partial charge in [-0.3, -0.25) is 4.79 Å². The van der Waals surface area contributed by atoms with E-state index in [2.05, 4.69) is 22.9 Å². The number of carbonyl (C=O) groups excluding carboxylic acids is 1. The lowest BCUT2D eigenvalue weighted by Crippen LogP contribution is -2.38. The molecule has 1 aromatic rings. The van der Waals surface area contributed by atoms with Crippen molar-refractivity contribution in [2.24, 2.45) is 0 Å². The van der Waals surface area contributed by atoms with Gasteiger partial charge in [-0.2, -0.15) is 0 Å². The number of halogens is 1. The molecule has 0 aromatic heterocycles. The minimum absolute atomic E-state index is 0.101. The summed E-state index contributed by atoms with van der Waals surface area (Å²) in [4.78, 5) is 14.5. The Balaban J connectivity index is 2.21. The first-order valence-corrected chi connectivity index (χ1v) is 7.25. The number of anilines is 1. The molecule has 1 amide bonds. The highest BCUT2D eigenvalue weighted by atomic mass is 79.9. The Labute approximate surface area is 116 Å². The third kappa shape index (κ3) is 2.86. The van der Waals surface area contributed by atoms with Gasteiger partial charge in [-0.05, 0) is 53.9 Å². The SMILES string of the molecule is CC1CCCCCN1C(=O)c1ccc(Br)c(N)c1. The Kier molecular flexibility index (Phi) is 4.27. The van der Waals surface area contributed by atoms with Crippen LogP contribution in [0.2, 0.25) is 0 Å². The van der Waals surface area contributed by atoms with Crippen molar-refractivity contribution >= 4 is 27.5 Å². The molecule has 2 N–H and O–H groups in total. The summed E-state index contributed by atoms with van der Waals surface area (Å²) in [6, 6.07) is 5.75. The number of likely N-dealkylation sites (tertiary alicyclic amines) is 1. The van der Waals surface area contributed by atoms with Crippen molar-refractivity contribution in [3.63, 3.8) is 0 Å². The molecule has 0 spiro atoms. The van der Waals surface area contributed by atoms with Gasteiger partial charge in [0.05, 0.1) is 0 Å². The number of benzene rings is 1. The van der Waals surface area contributed by atoms with E-state index in [1.807, 2.05) is 17.0 Å². The highest BCUT2D eigenvalue weighted by Gasteiger charge is 2.23. The zero-order valence-electron chi connectivity index (χ0n) is 10.7. The molecule has 0 saturated carbocycles. The fraction of sp³-hybridized carbons (Fsp3) is 0.500. The van der Waals surface area contributed by atoms with Crippen LogP contribution in [0.4, 0.5) is 5.69 Å². The normalized spacial score (nSPS) is 20.6. The third-order valence-corrected chi connectivity index (χ3v) is 4.28. The van der Waals surface area contributed by atoms with Crippen molar-refractivity contribution in [1.82, 2.24) is 4.90 Å². The first-order valence-electron chi connectivity index (χ1n) is 6.45. The molecule has 0 bridgehead atoms. The van der Waals surface area contributed by atoms with E-state index >= 15 is 0 Å². The number of nitrogen functional groups attached to an aromatic ring is 1. The van der Waals surface area contributed by atoms with Crippen molar-refractivity contribution < 1.29 is 4.79 Å². The Morgan fingerprint density at radius 2 is 2.17 bits per heavy atom. The lowest BCUT2D eigenvalue weighted by atomic mass is 10.1. The van der Waals surface area contributed by atoms with Gasteiger partial charge in [0.25, 0.3) is 5.91 Å². The first-order chi connectivity index (χ1) is 8.59. The molecule has 1 aliphatic heterocycles. The summed E-state index contributed by atoms with van der Waals surface area (Å²) in [5.74, 6) is 0.101. The van der Waals surface area contributed by atoms with Crippen molar-refractivity contribution in [1.29, 1.82) is 0 Å². The summed E-state index contributed by atoms with van der Waals surface area (Å²) in [7, 11) is 0. The lowest BCUT2D eigenvalue weighted by molar-refractivity contribution is 0.0698. The maximum Gasteiger partial charge on any atom is 0.254 e. The maximum absolute atomic E-state index is 12.5. The molecule has 98 valence electrons. The molecular formula is C14H19BrN2O. The van der Waals surface area contributed by atoms with Crippen LogP contribution < -0.4 is 5.73 Å². The highest BCUT2D eigenvalue weighted by molar-refractivity contribution is 9.10. The van der Waals surface area contributed by atoms with E-state index in [-0.39, 0.29) is 5.91 Å². The topological polar surface area (TPSA) is 46.3 Å². The minimum atomic E-state index is 0.101. The number of hydrogen-bond donors (Lipinski definition) is 1. The summed E-state index contributed by atoms with van der Waals surface area (Å²) < 4.78 is 0.836. The van der Waals surface area contributed by atoms with Gasteiger partial charge in [-0.15, -0.1) is 0 Å². The van der Waals surface area contributed by atoms with Gasteiger partial charge in [-0.25, -0.2) is 0 Å². The van der Waals surface area contributed by atoms with Crippen LogP contribution in [0.25, 0.3) is 0 Å². The van der Waals surface area contributed by atoms with Crippen LogP contribution in [0.3, 0.4) is 0 Å². The predicted octanol–water partition coefficient (Wildman–Crippen LogP) is 3.44. The van der Waals surface area contributed by atoms with Crippen LogP contribution in [0.15, 0.2) is 22.7 Å². The fourth-order valence-corrected chi connectivity index (χ4v) is 2.67. The number of carbonyl (C=O) groups is 1. The fourth-order valence-electron chi connectivity index (χ4n) is 2.42. The molecule has 1 aliphatic rings. The van der Waals surface area contributed by atoms with Crippen LogP contribution in [0.5, 0.6) is 0 Å². The van der Waals surface area contributed by atoms with E-state index in [0.717, 1.165) is 23.9 Å². The van der Waals surface area contributed by atoms with E-state index < -0.39 is 0 Å². The zero-order valence-corrected chi connectivity index (χ0v) is 12.2. The zero-order chi connectivity index (χ0) is 13.1. The quantitative estimate of drug-likeness (QED) is 0.808. The Morgan fingerprint density at radius 1 is 1.39 bits per heavy atom. The molecule has 1 aromatic carbocycles. The molecular weight excluding hydrogens is 292 g/mol. The summed E-state index contributed by atoms with van der Waals surface area (Å²) in [6.45, 7) is 2.99. The van der Waals surface area contributed by atoms with E-state index in [4.69, 9.17) is 5.73 Å². The summed E-state index contributed by atoms with van der Waals surface area (Å²) in [5, 5.41) is 0. The second-order valence-corrected chi connectivity index (χ2v) is 5.79. The molecule has 1 heterocycles.